The van der Waals surface area contributed by atoms with Crippen LogP contribution in [0.2, 0.25) is 0 Å². The van der Waals surface area contributed by atoms with Crippen LogP contribution in [0.15, 0.2) is 102 Å². The maximum atomic E-state index is 12.1. The molecule has 6 rings (SSSR count). The Labute approximate surface area is 226 Å². The molecule has 2 aliphatic rings. The molecule has 2 aliphatic heterocycles. The summed E-state index contributed by atoms with van der Waals surface area (Å²) in [4.78, 5) is 12.1. The normalized spacial score (nSPS) is 18.2. The fourth-order valence-electron chi connectivity index (χ4n) is 4.43. The molecule has 4 aromatic rings. The van der Waals surface area contributed by atoms with E-state index in [0.717, 1.165) is 16.7 Å². The number of aromatic hydroxyl groups is 1. The van der Waals surface area contributed by atoms with E-state index in [9.17, 15) is 9.90 Å². The predicted octanol–water partition coefficient (Wildman–Crippen LogP) is 5.80. The molecule has 37 heavy (non-hydrogen) atoms. The van der Waals surface area contributed by atoms with E-state index in [0.29, 0.717) is 16.9 Å². The van der Waals surface area contributed by atoms with Crippen LogP contribution in [-0.2, 0) is 33.2 Å². The number of carbonyl (C=O) groups excluding carboxylic acids is 1. The van der Waals surface area contributed by atoms with Gasteiger partial charge in [0.2, 0.25) is 0 Å². The SMILES string of the molecule is CC1(C)OC2(C=Cc3ccc(O)c(/C=N/NC(=O)c4ccc[cH-]4)c3O2)c2ccccc21.[Fe+2].c1cc[cH-]c1. The largest absolute Gasteiger partial charge is 2.00 e. The van der Waals surface area contributed by atoms with Crippen molar-refractivity contribution in [3.8, 4) is 11.5 Å². The van der Waals surface area contributed by atoms with Gasteiger partial charge in [0.1, 0.15) is 11.5 Å². The quantitative estimate of drug-likeness (QED) is 0.151. The van der Waals surface area contributed by atoms with Gasteiger partial charge in [-0.25, -0.2) is 12.1 Å². The summed E-state index contributed by atoms with van der Waals surface area (Å²) in [5.41, 5.74) is 5.52. The molecule has 188 valence electrons. The Balaban J connectivity index is 0.000000479. The molecule has 0 aliphatic carbocycles. The molecule has 2 N–H and O–H groups in total. The van der Waals surface area contributed by atoms with Crippen LogP contribution in [0.5, 0.6) is 11.5 Å². The second-order valence-electron chi connectivity index (χ2n) is 9.01. The van der Waals surface area contributed by atoms with Gasteiger partial charge in [-0.05, 0) is 43.7 Å². The van der Waals surface area contributed by atoms with Gasteiger partial charge in [-0.1, -0.05) is 29.8 Å². The maximum Gasteiger partial charge on any atom is 2.00 e. The van der Waals surface area contributed by atoms with E-state index in [4.69, 9.17) is 9.47 Å². The molecule has 0 fully saturated rings. The second-order valence-corrected chi connectivity index (χ2v) is 9.01. The Morgan fingerprint density at radius 3 is 2.43 bits per heavy atom. The van der Waals surface area contributed by atoms with Crippen molar-refractivity contribution in [1.82, 2.24) is 5.43 Å². The van der Waals surface area contributed by atoms with Crippen molar-refractivity contribution in [1.29, 1.82) is 0 Å². The van der Waals surface area contributed by atoms with Crippen molar-refractivity contribution in [3.05, 3.63) is 125 Å². The van der Waals surface area contributed by atoms with Crippen molar-refractivity contribution in [2.24, 2.45) is 5.10 Å². The number of phenolic OH excluding ortho intramolecular Hbond substituents is 1. The number of benzene rings is 2. The average molecular weight is 534 g/mol. The van der Waals surface area contributed by atoms with Gasteiger partial charge in [0, 0.05) is 11.1 Å². The molecule has 4 aromatic carbocycles. The van der Waals surface area contributed by atoms with E-state index >= 15 is 0 Å². The number of ether oxygens (including phenoxy) is 2. The summed E-state index contributed by atoms with van der Waals surface area (Å²) in [5.74, 6) is -1.03. The number of phenols is 1. The molecule has 7 heteroatoms. The van der Waals surface area contributed by atoms with Gasteiger partial charge in [-0.15, -0.1) is 6.07 Å². The van der Waals surface area contributed by atoms with Gasteiger partial charge in [0.15, 0.2) is 5.91 Å². The van der Waals surface area contributed by atoms with E-state index in [1.54, 1.807) is 36.4 Å². The Morgan fingerprint density at radius 1 is 1.00 bits per heavy atom. The van der Waals surface area contributed by atoms with Gasteiger partial charge in [0.05, 0.1) is 17.4 Å². The average Bonchev–Trinajstić information content (AvgIpc) is 3.65. The number of hydrogen-bond acceptors (Lipinski definition) is 5. The Morgan fingerprint density at radius 2 is 1.76 bits per heavy atom. The number of amides is 1. The molecule has 1 atom stereocenters. The van der Waals surface area contributed by atoms with Crippen molar-refractivity contribution < 1.29 is 36.4 Å². The van der Waals surface area contributed by atoms with Crippen LogP contribution in [0.4, 0.5) is 0 Å². The Kier molecular flexibility index (Phi) is 7.50. The summed E-state index contributed by atoms with van der Waals surface area (Å²) in [7, 11) is 0. The second kappa shape index (κ2) is 10.6. The van der Waals surface area contributed by atoms with Crippen LogP contribution in [0.25, 0.3) is 6.08 Å². The van der Waals surface area contributed by atoms with Gasteiger partial charge >= 0.3 is 17.1 Å². The molecule has 0 aromatic heterocycles. The zero-order valence-corrected chi connectivity index (χ0v) is 21.5. The third-order valence-corrected chi connectivity index (χ3v) is 6.14. The Hall–Kier alpha value is -3.90. The maximum absolute atomic E-state index is 12.1. The summed E-state index contributed by atoms with van der Waals surface area (Å²) in [6.07, 6.45) is 5.18. The first-order valence-electron chi connectivity index (χ1n) is 11.7. The van der Waals surface area contributed by atoms with Crippen LogP contribution < -0.4 is 10.2 Å². The summed E-state index contributed by atoms with van der Waals surface area (Å²) < 4.78 is 12.8. The van der Waals surface area contributed by atoms with Gasteiger partial charge in [0.25, 0.3) is 5.79 Å². The number of nitrogens with zero attached hydrogens (tertiary/aromatic N) is 1. The van der Waals surface area contributed by atoms with Crippen LogP contribution in [-0.4, -0.2) is 17.2 Å². The molecule has 0 radical (unpaired) electrons. The van der Waals surface area contributed by atoms with E-state index < -0.39 is 11.4 Å². The molecule has 2 heterocycles. The number of fused-ring (bicyclic) bond motifs is 3. The van der Waals surface area contributed by atoms with Gasteiger partial charge < -0.3 is 19.4 Å². The molecular weight excluding hydrogens is 508 g/mol. The molecule has 6 nitrogen and oxygen atoms in total. The van der Waals surface area contributed by atoms with E-state index in [1.165, 1.54) is 6.21 Å². The monoisotopic (exact) mass is 534 g/mol. The number of carbonyl (C=O) groups is 1. The first kappa shape index (κ1) is 26.2. The minimum Gasteiger partial charge on any atom is -0.507 e. The zero-order valence-electron chi connectivity index (χ0n) is 20.4. The molecule has 0 saturated carbocycles. The minimum atomic E-state index is -1.11. The summed E-state index contributed by atoms with van der Waals surface area (Å²) in [6, 6.07) is 28.2. The first-order valence-corrected chi connectivity index (χ1v) is 11.7. The van der Waals surface area contributed by atoms with Crippen LogP contribution >= 0.6 is 0 Å². The third kappa shape index (κ3) is 5.16. The summed E-state index contributed by atoms with van der Waals surface area (Å²) >= 11 is 0. The van der Waals surface area contributed by atoms with Crippen molar-refractivity contribution in [2.75, 3.05) is 0 Å². The topological polar surface area (TPSA) is 80.2 Å². The van der Waals surface area contributed by atoms with Gasteiger partial charge in [-0.3, -0.25) is 5.43 Å². The fraction of sp³-hybridized carbons (Fsp3) is 0.133. The van der Waals surface area contributed by atoms with Crippen molar-refractivity contribution in [2.45, 2.75) is 25.2 Å². The number of rotatable bonds is 3. The molecule has 1 unspecified atom stereocenters. The first-order chi connectivity index (χ1) is 17.4. The molecule has 0 bridgehead atoms. The molecule has 1 amide bonds. The van der Waals surface area contributed by atoms with Crippen LogP contribution in [0.3, 0.4) is 0 Å². The van der Waals surface area contributed by atoms with E-state index in [-0.39, 0.29) is 28.7 Å². The third-order valence-electron chi connectivity index (χ3n) is 6.14. The minimum absolute atomic E-state index is 0. The Bertz CT molecular complexity index is 1400. The summed E-state index contributed by atoms with van der Waals surface area (Å²) in [6.45, 7) is 3.99. The van der Waals surface area contributed by atoms with E-state index in [2.05, 4.69) is 10.5 Å². The molecular formula is C30H26FeN2O4. The fourth-order valence-corrected chi connectivity index (χ4v) is 4.43. The van der Waals surface area contributed by atoms with Crippen LogP contribution in [0.1, 0.15) is 46.5 Å². The van der Waals surface area contributed by atoms with Crippen LogP contribution in [0, 0.1) is 0 Å². The number of hydrazone groups is 1. The number of hydrogen-bond donors (Lipinski definition) is 2. The predicted molar refractivity (Wildman–Crippen MR) is 139 cm³/mol. The smallest absolute Gasteiger partial charge is 0.507 e. The van der Waals surface area contributed by atoms with Gasteiger partial charge in [-0.2, -0.15) is 41.5 Å². The van der Waals surface area contributed by atoms with Crippen molar-refractivity contribution >= 4 is 18.2 Å². The van der Waals surface area contributed by atoms with Crippen molar-refractivity contribution in [3.63, 3.8) is 0 Å². The standard InChI is InChI=1S/C25H21N2O4.C5H5.Fe/c1-24(2)19-9-5-6-10-20(19)25(31-24)14-13-16-11-12-21(28)18(22(16)30-25)15-26-27-23(29)17-7-3-4-8-17;1-2-4-5-3-1;/h3-15,28H,1-2H3,(H,27,29);1-5H;/q2*-1;+2/b26-15+;;. The van der Waals surface area contributed by atoms with E-state index in [1.807, 2.05) is 80.6 Å². The number of nitrogens with one attached hydrogen (secondary N) is 1. The summed E-state index contributed by atoms with van der Waals surface area (Å²) in [5, 5.41) is 14.5. The zero-order chi connectivity index (χ0) is 25.2. The molecule has 1 spiro atoms. The molecule has 0 saturated heterocycles.